The van der Waals surface area contributed by atoms with Gasteiger partial charge in [0.25, 0.3) is 0 Å². The summed E-state index contributed by atoms with van der Waals surface area (Å²) >= 11 is 0. The highest BCUT2D eigenvalue weighted by molar-refractivity contribution is 6.01. The zero-order chi connectivity index (χ0) is 11.2. The fourth-order valence-electron chi connectivity index (χ4n) is 1.32. The Morgan fingerprint density at radius 2 is 1.93 bits per heavy atom. The highest BCUT2D eigenvalue weighted by Gasteiger charge is 2.39. The summed E-state index contributed by atoms with van der Waals surface area (Å²) in [4.78, 5) is 22.3. The molecule has 0 aromatic carbocycles. The molecule has 0 saturated heterocycles. The maximum atomic E-state index is 11.4. The summed E-state index contributed by atoms with van der Waals surface area (Å²) in [6.45, 7) is 3.52. The molecule has 0 heterocycles. The van der Waals surface area contributed by atoms with E-state index >= 15 is 0 Å². The van der Waals surface area contributed by atoms with Crippen molar-refractivity contribution < 1.29 is 14.7 Å². The molecule has 0 saturated carbocycles. The number of carboxylic acid groups (broad SMARTS) is 1. The second-order valence-electron chi connectivity index (χ2n) is 3.67. The summed E-state index contributed by atoms with van der Waals surface area (Å²) in [6, 6.07) is 0. The van der Waals surface area contributed by atoms with E-state index in [4.69, 9.17) is 5.11 Å². The van der Waals surface area contributed by atoms with Gasteiger partial charge in [0.1, 0.15) is 5.41 Å². The molecule has 0 fully saturated rings. The number of rotatable bonds is 6. The van der Waals surface area contributed by atoms with Gasteiger partial charge in [-0.25, -0.2) is 0 Å². The smallest absolute Gasteiger partial charge is 0.318 e. The minimum absolute atomic E-state index is 0.399. The first-order chi connectivity index (χ1) is 6.49. The lowest BCUT2D eigenvalue weighted by Gasteiger charge is -2.22. The van der Waals surface area contributed by atoms with Gasteiger partial charge in [-0.05, 0) is 13.3 Å². The Morgan fingerprint density at radius 1 is 1.36 bits per heavy atom. The topological polar surface area (TPSA) is 66.4 Å². The largest absolute Gasteiger partial charge is 0.480 e. The molecule has 0 bridgehead atoms. The third-order valence-electron chi connectivity index (χ3n) is 2.48. The van der Waals surface area contributed by atoms with Gasteiger partial charge in [-0.2, -0.15) is 0 Å². The lowest BCUT2D eigenvalue weighted by Crippen LogP contribution is -2.43. The first-order valence-corrected chi connectivity index (χ1v) is 4.94. The van der Waals surface area contributed by atoms with Crippen LogP contribution in [0.3, 0.4) is 0 Å². The molecule has 0 rings (SSSR count). The summed E-state index contributed by atoms with van der Waals surface area (Å²) in [7, 11) is 1.46. The van der Waals surface area contributed by atoms with Crippen LogP contribution in [0.5, 0.6) is 0 Å². The van der Waals surface area contributed by atoms with Crippen LogP contribution in [0, 0.1) is 5.41 Å². The number of hydrogen-bond acceptors (Lipinski definition) is 2. The van der Waals surface area contributed by atoms with Crippen LogP contribution >= 0.6 is 0 Å². The predicted molar refractivity (Wildman–Crippen MR) is 54.0 cm³/mol. The summed E-state index contributed by atoms with van der Waals surface area (Å²) in [5.41, 5.74) is -1.27. The summed E-state index contributed by atoms with van der Waals surface area (Å²) in [5, 5.41) is 11.4. The van der Waals surface area contributed by atoms with Gasteiger partial charge < -0.3 is 10.4 Å². The molecule has 1 unspecified atom stereocenters. The van der Waals surface area contributed by atoms with Crippen molar-refractivity contribution in [3.05, 3.63) is 0 Å². The summed E-state index contributed by atoms with van der Waals surface area (Å²) < 4.78 is 0. The highest BCUT2D eigenvalue weighted by atomic mass is 16.4. The van der Waals surface area contributed by atoms with E-state index in [1.54, 1.807) is 0 Å². The number of amides is 1. The second-order valence-corrected chi connectivity index (χ2v) is 3.67. The van der Waals surface area contributed by atoms with Crippen LogP contribution in [-0.4, -0.2) is 24.0 Å². The van der Waals surface area contributed by atoms with E-state index in [0.717, 1.165) is 19.3 Å². The molecule has 1 amide bonds. The Hall–Kier alpha value is -1.06. The van der Waals surface area contributed by atoms with Gasteiger partial charge >= 0.3 is 5.97 Å². The van der Waals surface area contributed by atoms with Gasteiger partial charge in [0.15, 0.2) is 0 Å². The van der Waals surface area contributed by atoms with Gasteiger partial charge in [-0.1, -0.05) is 26.2 Å². The normalized spacial score (nSPS) is 14.5. The minimum atomic E-state index is -1.27. The number of nitrogens with one attached hydrogen (secondary N) is 1. The Kier molecular flexibility index (Phi) is 5.20. The quantitative estimate of drug-likeness (QED) is 0.504. The SMILES string of the molecule is CCCCCC(C)(C(=O)O)C(=O)NC. The average molecular weight is 201 g/mol. The van der Waals surface area contributed by atoms with E-state index in [9.17, 15) is 9.59 Å². The fraction of sp³-hybridized carbons (Fsp3) is 0.800. The number of carbonyl (C=O) groups is 2. The molecular weight excluding hydrogens is 182 g/mol. The van der Waals surface area contributed by atoms with Crippen molar-refractivity contribution in [2.45, 2.75) is 39.5 Å². The number of aliphatic carboxylic acids is 1. The Labute approximate surface area is 84.7 Å². The van der Waals surface area contributed by atoms with E-state index in [-0.39, 0.29) is 0 Å². The van der Waals surface area contributed by atoms with Crippen LogP contribution < -0.4 is 5.32 Å². The lowest BCUT2D eigenvalue weighted by molar-refractivity contribution is -0.155. The van der Waals surface area contributed by atoms with E-state index in [0.29, 0.717) is 6.42 Å². The molecule has 0 aromatic rings. The van der Waals surface area contributed by atoms with Gasteiger partial charge in [0.05, 0.1) is 0 Å². The maximum Gasteiger partial charge on any atom is 0.318 e. The Morgan fingerprint density at radius 3 is 2.29 bits per heavy atom. The van der Waals surface area contributed by atoms with Crippen LogP contribution in [-0.2, 0) is 9.59 Å². The first kappa shape index (κ1) is 12.9. The molecule has 0 aliphatic heterocycles. The molecule has 0 aliphatic rings. The lowest BCUT2D eigenvalue weighted by atomic mass is 9.84. The molecule has 14 heavy (non-hydrogen) atoms. The fourth-order valence-corrected chi connectivity index (χ4v) is 1.32. The molecule has 0 aromatic heterocycles. The predicted octanol–water partition coefficient (Wildman–Crippen LogP) is 1.40. The average Bonchev–Trinajstić information content (AvgIpc) is 2.16. The standard InChI is InChI=1S/C10H19NO3/c1-4-5-6-7-10(2,9(13)14)8(12)11-3/h4-7H2,1-3H3,(H,11,12)(H,13,14). The van der Waals surface area contributed by atoms with Crippen LogP contribution in [0.4, 0.5) is 0 Å². The van der Waals surface area contributed by atoms with E-state index in [1.165, 1.54) is 14.0 Å². The Bertz CT molecular complexity index is 215. The maximum absolute atomic E-state index is 11.4. The monoisotopic (exact) mass is 201 g/mol. The summed E-state index contributed by atoms with van der Waals surface area (Å²) in [6.07, 6.45) is 3.14. The van der Waals surface area contributed by atoms with Crippen molar-refractivity contribution in [2.75, 3.05) is 7.05 Å². The molecular formula is C10H19NO3. The molecule has 4 nitrogen and oxygen atoms in total. The van der Waals surface area contributed by atoms with Crippen molar-refractivity contribution in [1.29, 1.82) is 0 Å². The second kappa shape index (κ2) is 5.62. The highest BCUT2D eigenvalue weighted by Crippen LogP contribution is 2.25. The number of hydrogen-bond donors (Lipinski definition) is 2. The number of unbranched alkanes of at least 4 members (excludes halogenated alkanes) is 2. The third-order valence-corrected chi connectivity index (χ3v) is 2.48. The molecule has 82 valence electrons. The zero-order valence-corrected chi connectivity index (χ0v) is 9.09. The molecule has 0 spiro atoms. The molecule has 4 heteroatoms. The zero-order valence-electron chi connectivity index (χ0n) is 9.09. The Balaban J connectivity index is 4.40. The molecule has 0 radical (unpaired) electrons. The number of carbonyl (C=O) groups excluding carboxylic acids is 1. The van der Waals surface area contributed by atoms with E-state index in [2.05, 4.69) is 5.32 Å². The van der Waals surface area contributed by atoms with Crippen LogP contribution in [0.1, 0.15) is 39.5 Å². The van der Waals surface area contributed by atoms with Gasteiger partial charge in [0, 0.05) is 7.05 Å². The van der Waals surface area contributed by atoms with Crippen molar-refractivity contribution in [3.63, 3.8) is 0 Å². The van der Waals surface area contributed by atoms with Gasteiger partial charge in [-0.15, -0.1) is 0 Å². The first-order valence-electron chi connectivity index (χ1n) is 4.94. The van der Waals surface area contributed by atoms with Crippen molar-refractivity contribution in [2.24, 2.45) is 5.41 Å². The van der Waals surface area contributed by atoms with E-state index in [1.807, 2.05) is 6.92 Å². The third kappa shape index (κ3) is 3.01. The summed E-state index contributed by atoms with van der Waals surface area (Å²) in [5.74, 6) is -1.46. The number of carboxylic acids is 1. The molecule has 2 N–H and O–H groups in total. The van der Waals surface area contributed by atoms with Gasteiger partial charge in [-0.3, -0.25) is 9.59 Å². The van der Waals surface area contributed by atoms with Crippen LogP contribution in [0.2, 0.25) is 0 Å². The minimum Gasteiger partial charge on any atom is -0.480 e. The van der Waals surface area contributed by atoms with Gasteiger partial charge in [0.2, 0.25) is 5.91 Å². The molecule has 0 aliphatic carbocycles. The van der Waals surface area contributed by atoms with E-state index < -0.39 is 17.3 Å². The van der Waals surface area contributed by atoms with Crippen LogP contribution in [0.25, 0.3) is 0 Å². The van der Waals surface area contributed by atoms with Crippen molar-refractivity contribution in [1.82, 2.24) is 5.32 Å². The van der Waals surface area contributed by atoms with Crippen molar-refractivity contribution >= 4 is 11.9 Å². The van der Waals surface area contributed by atoms with Crippen LogP contribution in [0.15, 0.2) is 0 Å². The molecule has 1 atom stereocenters. The van der Waals surface area contributed by atoms with Crippen molar-refractivity contribution in [3.8, 4) is 0 Å².